The van der Waals surface area contributed by atoms with Crippen LogP contribution >= 0.6 is 11.6 Å². The summed E-state index contributed by atoms with van der Waals surface area (Å²) in [5, 5.41) is 4.77. The number of hydrogen-bond donors (Lipinski definition) is 0. The Kier molecular flexibility index (Phi) is 5.93. The number of aromatic nitrogens is 2. The highest BCUT2D eigenvalue weighted by Crippen LogP contribution is 2.31. The molecular formula is C19H15ClN3O4S-. The predicted molar refractivity (Wildman–Crippen MR) is 108 cm³/mol. The van der Waals surface area contributed by atoms with E-state index in [4.69, 9.17) is 16.3 Å². The zero-order valence-corrected chi connectivity index (χ0v) is 16.3. The van der Waals surface area contributed by atoms with Gasteiger partial charge in [-0.25, -0.2) is 9.48 Å². The van der Waals surface area contributed by atoms with Crippen molar-refractivity contribution in [2.75, 3.05) is 11.4 Å². The van der Waals surface area contributed by atoms with Crippen molar-refractivity contribution in [3.8, 4) is 5.69 Å². The van der Waals surface area contributed by atoms with Crippen LogP contribution in [0.5, 0.6) is 0 Å². The molecule has 9 heteroatoms. The summed E-state index contributed by atoms with van der Waals surface area (Å²) in [6.45, 7) is 3.66. The van der Waals surface area contributed by atoms with Crippen molar-refractivity contribution >= 4 is 46.3 Å². The van der Waals surface area contributed by atoms with Crippen molar-refractivity contribution in [2.45, 2.75) is 0 Å². The molecule has 0 amide bonds. The van der Waals surface area contributed by atoms with Crippen molar-refractivity contribution < 1.29 is 18.3 Å². The Balaban J connectivity index is 2.08. The average molecular weight is 417 g/mol. The van der Waals surface area contributed by atoms with Crippen LogP contribution in [0.25, 0.3) is 11.8 Å². The molecule has 144 valence electrons. The number of esters is 1. The number of nitrogens with zero attached hydrogens (tertiary/aromatic N) is 3. The summed E-state index contributed by atoms with van der Waals surface area (Å²) in [5.74, 6) is -0.667. The molecule has 3 rings (SSSR count). The van der Waals surface area contributed by atoms with Crippen molar-refractivity contribution in [1.82, 2.24) is 9.78 Å². The van der Waals surface area contributed by atoms with Crippen LogP contribution < -0.4 is 4.31 Å². The van der Waals surface area contributed by atoms with Gasteiger partial charge in [-0.3, -0.25) is 8.51 Å². The fraction of sp³-hybridized carbons (Fsp3) is 0.0526. The molecule has 0 aliphatic carbocycles. The van der Waals surface area contributed by atoms with Gasteiger partial charge in [0, 0.05) is 5.02 Å². The molecule has 0 aliphatic heterocycles. The van der Waals surface area contributed by atoms with Gasteiger partial charge in [-0.2, -0.15) is 5.10 Å². The lowest BCUT2D eigenvalue weighted by Crippen LogP contribution is -2.22. The summed E-state index contributed by atoms with van der Waals surface area (Å²) in [5.41, 5.74) is 1.82. The Hall–Kier alpha value is -2.94. The highest BCUT2D eigenvalue weighted by atomic mass is 35.5. The highest BCUT2D eigenvalue weighted by Gasteiger charge is 2.21. The van der Waals surface area contributed by atoms with Crippen molar-refractivity contribution in [3.63, 3.8) is 0 Å². The Morgan fingerprint density at radius 3 is 2.64 bits per heavy atom. The van der Waals surface area contributed by atoms with Crippen LogP contribution in [0.4, 0.5) is 11.4 Å². The fourth-order valence-corrected chi connectivity index (χ4v) is 3.30. The van der Waals surface area contributed by atoms with Crippen LogP contribution in [0.3, 0.4) is 0 Å². The molecule has 0 radical (unpaired) electrons. The van der Waals surface area contributed by atoms with Crippen LogP contribution in [0, 0.1) is 0 Å². The number of carbonyl (C=O) groups is 1. The third-order valence-electron chi connectivity index (χ3n) is 3.92. The molecule has 1 unspecified atom stereocenters. The standard InChI is InChI=1S/C19H16ClN3O4S/c1-3-13-4-9-18(17(10-13)19(24)27-2)23(28(25)26)16-11-21-22(12-16)15-7-5-14(20)6-8-15/h3-12H,1H2,2H3,(H,25,26)/p-1. The van der Waals surface area contributed by atoms with E-state index < -0.39 is 17.2 Å². The molecule has 0 aliphatic rings. The SMILES string of the molecule is C=Cc1ccc(N(c2cnn(-c3ccc(Cl)cc3)c2)S(=O)[O-])c(C(=O)OC)c1. The monoisotopic (exact) mass is 416 g/mol. The van der Waals surface area contributed by atoms with Gasteiger partial charge in [0.25, 0.3) is 0 Å². The molecule has 0 spiro atoms. The quantitative estimate of drug-likeness (QED) is 0.449. The number of benzene rings is 2. The third-order valence-corrected chi connectivity index (χ3v) is 4.88. The molecule has 0 N–H and O–H groups in total. The van der Waals surface area contributed by atoms with Crippen molar-refractivity contribution in [3.05, 3.63) is 77.6 Å². The van der Waals surface area contributed by atoms with Gasteiger partial charge in [-0.15, -0.1) is 0 Å². The van der Waals surface area contributed by atoms with Gasteiger partial charge in [0.2, 0.25) is 0 Å². The number of anilines is 2. The number of carbonyl (C=O) groups excluding carboxylic acids is 1. The summed E-state index contributed by atoms with van der Waals surface area (Å²) >= 11 is 3.18. The molecule has 2 aromatic carbocycles. The van der Waals surface area contributed by atoms with E-state index in [9.17, 15) is 13.6 Å². The van der Waals surface area contributed by atoms with Crippen LogP contribution in [-0.2, 0) is 16.0 Å². The molecule has 1 atom stereocenters. The second-order valence-corrected chi connectivity index (χ2v) is 6.84. The first-order valence-corrected chi connectivity index (χ1v) is 9.40. The van der Waals surface area contributed by atoms with Gasteiger partial charge in [0.15, 0.2) is 0 Å². The Morgan fingerprint density at radius 2 is 2.04 bits per heavy atom. The number of hydrogen-bond acceptors (Lipinski definition) is 5. The summed E-state index contributed by atoms with van der Waals surface area (Å²) < 4.78 is 31.3. The Bertz CT molecular complexity index is 1050. The molecule has 28 heavy (non-hydrogen) atoms. The van der Waals surface area contributed by atoms with Crippen molar-refractivity contribution in [1.29, 1.82) is 0 Å². The van der Waals surface area contributed by atoms with E-state index in [1.54, 1.807) is 36.4 Å². The first kappa shape index (κ1) is 19.8. The number of methoxy groups -OCH3 is 1. The van der Waals surface area contributed by atoms with Crippen LogP contribution in [0.2, 0.25) is 5.02 Å². The van der Waals surface area contributed by atoms with E-state index in [0.29, 0.717) is 16.3 Å². The van der Waals surface area contributed by atoms with E-state index in [1.165, 1.54) is 36.3 Å². The van der Waals surface area contributed by atoms with Gasteiger partial charge < -0.3 is 9.29 Å². The van der Waals surface area contributed by atoms with Gasteiger partial charge in [-0.05, 0) is 42.0 Å². The number of rotatable bonds is 6. The van der Waals surface area contributed by atoms with Crippen LogP contribution in [0.15, 0.2) is 61.4 Å². The summed E-state index contributed by atoms with van der Waals surface area (Å²) in [6, 6.07) is 11.6. The Morgan fingerprint density at radius 1 is 1.32 bits per heavy atom. The largest absolute Gasteiger partial charge is 0.755 e. The molecule has 0 bridgehead atoms. The first-order chi connectivity index (χ1) is 13.4. The molecular weight excluding hydrogens is 402 g/mol. The molecule has 0 saturated heterocycles. The zero-order valence-electron chi connectivity index (χ0n) is 14.7. The summed E-state index contributed by atoms with van der Waals surface area (Å²) in [4.78, 5) is 12.2. The lowest BCUT2D eigenvalue weighted by molar-refractivity contribution is 0.0601. The minimum absolute atomic E-state index is 0.0864. The second kappa shape index (κ2) is 8.39. The maximum Gasteiger partial charge on any atom is 0.340 e. The minimum Gasteiger partial charge on any atom is -0.755 e. The normalized spacial score (nSPS) is 11.7. The van der Waals surface area contributed by atoms with E-state index in [-0.39, 0.29) is 16.9 Å². The maximum absolute atomic E-state index is 12.2. The van der Waals surface area contributed by atoms with Gasteiger partial charge >= 0.3 is 5.97 Å². The first-order valence-electron chi connectivity index (χ1n) is 7.99. The van der Waals surface area contributed by atoms with E-state index in [2.05, 4.69) is 11.7 Å². The van der Waals surface area contributed by atoms with E-state index in [0.717, 1.165) is 4.31 Å². The fourth-order valence-electron chi connectivity index (χ4n) is 2.59. The molecule has 3 aromatic rings. The average Bonchev–Trinajstić information content (AvgIpc) is 3.17. The van der Waals surface area contributed by atoms with Crippen molar-refractivity contribution in [2.24, 2.45) is 0 Å². The van der Waals surface area contributed by atoms with Crippen LogP contribution in [0.1, 0.15) is 15.9 Å². The van der Waals surface area contributed by atoms with Gasteiger partial charge in [0.05, 0.1) is 53.4 Å². The molecule has 7 nitrogen and oxygen atoms in total. The smallest absolute Gasteiger partial charge is 0.340 e. The third kappa shape index (κ3) is 3.99. The topological polar surface area (TPSA) is 87.5 Å². The summed E-state index contributed by atoms with van der Waals surface area (Å²) in [7, 11) is 1.23. The molecule has 1 heterocycles. The Labute approximate surface area is 169 Å². The van der Waals surface area contributed by atoms with E-state index in [1.807, 2.05) is 0 Å². The lowest BCUT2D eigenvalue weighted by atomic mass is 10.1. The molecule has 1 aromatic heterocycles. The number of ether oxygens (including phenoxy) is 1. The summed E-state index contributed by atoms with van der Waals surface area (Å²) in [6.07, 6.45) is 4.46. The molecule has 0 saturated carbocycles. The minimum atomic E-state index is -2.71. The van der Waals surface area contributed by atoms with Gasteiger partial charge in [0.1, 0.15) is 0 Å². The maximum atomic E-state index is 12.2. The predicted octanol–water partition coefficient (Wildman–Crippen LogP) is 3.89. The lowest BCUT2D eigenvalue weighted by Gasteiger charge is -2.26. The van der Waals surface area contributed by atoms with Gasteiger partial charge in [-0.1, -0.05) is 30.3 Å². The molecule has 0 fully saturated rings. The van der Waals surface area contributed by atoms with Crippen LogP contribution in [-0.4, -0.2) is 31.6 Å². The second-order valence-electron chi connectivity index (χ2n) is 5.60. The highest BCUT2D eigenvalue weighted by molar-refractivity contribution is 7.81. The zero-order chi connectivity index (χ0) is 20.3. The number of halogens is 1. The van der Waals surface area contributed by atoms with E-state index >= 15 is 0 Å².